The SMILES string of the molecule is Cc1cccc(NC2SC(=O)N(Cc3ccccc3)C2=O)c1. The Balaban J connectivity index is 1.71. The van der Waals surface area contributed by atoms with E-state index in [2.05, 4.69) is 5.32 Å². The highest BCUT2D eigenvalue weighted by Crippen LogP contribution is 2.29. The molecule has 1 aliphatic heterocycles. The molecule has 0 aromatic heterocycles. The highest BCUT2D eigenvalue weighted by atomic mass is 32.2. The van der Waals surface area contributed by atoms with E-state index < -0.39 is 5.37 Å². The fraction of sp³-hybridized carbons (Fsp3) is 0.176. The summed E-state index contributed by atoms with van der Waals surface area (Å²) >= 11 is 1.03. The Morgan fingerprint density at radius 2 is 1.86 bits per heavy atom. The standard InChI is InChI=1S/C17H16N2O2S/c1-12-6-5-9-14(10-12)18-15-16(20)19(17(21)22-15)11-13-7-3-2-4-8-13/h2-10,15,18H,11H2,1H3. The Bertz CT molecular complexity index is 703. The Morgan fingerprint density at radius 3 is 2.59 bits per heavy atom. The van der Waals surface area contributed by atoms with Crippen LogP contribution in [0, 0.1) is 6.92 Å². The maximum Gasteiger partial charge on any atom is 0.291 e. The third-order valence-electron chi connectivity index (χ3n) is 3.43. The number of carbonyl (C=O) groups excluding carboxylic acids is 2. The monoisotopic (exact) mass is 312 g/mol. The summed E-state index contributed by atoms with van der Waals surface area (Å²) in [4.78, 5) is 25.8. The number of anilines is 1. The Morgan fingerprint density at radius 1 is 1.09 bits per heavy atom. The summed E-state index contributed by atoms with van der Waals surface area (Å²) in [7, 11) is 0. The van der Waals surface area contributed by atoms with Gasteiger partial charge in [-0.3, -0.25) is 14.5 Å². The Kier molecular flexibility index (Phi) is 4.15. The molecule has 2 aromatic carbocycles. The molecule has 22 heavy (non-hydrogen) atoms. The van der Waals surface area contributed by atoms with Gasteiger partial charge in [0.2, 0.25) is 0 Å². The van der Waals surface area contributed by atoms with Crippen LogP contribution in [0.25, 0.3) is 0 Å². The quantitative estimate of drug-likeness (QED) is 0.936. The minimum Gasteiger partial charge on any atom is -0.365 e. The molecule has 1 N–H and O–H groups in total. The molecule has 2 amide bonds. The minimum atomic E-state index is -0.557. The van der Waals surface area contributed by atoms with Crippen molar-refractivity contribution in [3.05, 3.63) is 65.7 Å². The van der Waals surface area contributed by atoms with Gasteiger partial charge in [-0.1, -0.05) is 42.5 Å². The van der Waals surface area contributed by atoms with Crippen molar-refractivity contribution in [2.75, 3.05) is 5.32 Å². The molecule has 5 heteroatoms. The predicted octanol–water partition coefficient (Wildman–Crippen LogP) is 3.63. The van der Waals surface area contributed by atoms with Crippen LogP contribution in [0.3, 0.4) is 0 Å². The van der Waals surface area contributed by atoms with E-state index in [1.54, 1.807) is 0 Å². The van der Waals surface area contributed by atoms with Crippen molar-refractivity contribution in [3.63, 3.8) is 0 Å². The van der Waals surface area contributed by atoms with Gasteiger partial charge in [0.15, 0.2) is 5.37 Å². The van der Waals surface area contributed by atoms with Crippen LogP contribution in [0.5, 0.6) is 0 Å². The van der Waals surface area contributed by atoms with Crippen LogP contribution < -0.4 is 5.32 Å². The van der Waals surface area contributed by atoms with Crippen LogP contribution in [-0.2, 0) is 11.3 Å². The molecule has 0 radical (unpaired) electrons. The maximum atomic E-state index is 12.4. The lowest BCUT2D eigenvalue weighted by atomic mass is 10.2. The zero-order valence-electron chi connectivity index (χ0n) is 12.2. The molecule has 1 unspecified atom stereocenters. The third-order valence-corrected chi connectivity index (χ3v) is 4.41. The molecule has 112 valence electrons. The Labute approximate surface area is 133 Å². The number of rotatable bonds is 4. The molecule has 1 heterocycles. The van der Waals surface area contributed by atoms with Crippen molar-refractivity contribution < 1.29 is 9.59 Å². The molecule has 1 atom stereocenters. The van der Waals surface area contributed by atoms with Crippen molar-refractivity contribution in [1.82, 2.24) is 4.90 Å². The molecule has 0 spiro atoms. The van der Waals surface area contributed by atoms with E-state index in [-0.39, 0.29) is 11.1 Å². The van der Waals surface area contributed by atoms with Crippen LogP contribution in [0.4, 0.5) is 10.5 Å². The van der Waals surface area contributed by atoms with Crippen LogP contribution in [0.2, 0.25) is 0 Å². The second-order valence-corrected chi connectivity index (χ2v) is 6.24. The summed E-state index contributed by atoms with van der Waals surface area (Å²) in [6.07, 6.45) is 0. The van der Waals surface area contributed by atoms with Gasteiger partial charge in [-0.15, -0.1) is 0 Å². The van der Waals surface area contributed by atoms with Gasteiger partial charge >= 0.3 is 0 Å². The van der Waals surface area contributed by atoms with Gasteiger partial charge in [-0.05, 0) is 41.9 Å². The predicted molar refractivity (Wildman–Crippen MR) is 88.6 cm³/mol. The van der Waals surface area contributed by atoms with Crippen LogP contribution >= 0.6 is 11.8 Å². The summed E-state index contributed by atoms with van der Waals surface area (Å²) in [5, 5.41) is 2.36. The van der Waals surface area contributed by atoms with E-state index in [1.165, 1.54) is 4.90 Å². The van der Waals surface area contributed by atoms with E-state index in [0.717, 1.165) is 28.6 Å². The molecule has 1 fully saturated rings. The number of imide groups is 1. The fourth-order valence-electron chi connectivity index (χ4n) is 2.33. The normalized spacial score (nSPS) is 17.9. The molecule has 4 nitrogen and oxygen atoms in total. The number of nitrogens with zero attached hydrogens (tertiary/aromatic N) is 1. The highest BCUT2D eigenvalue weighted by molar-refractivity contribution is 8.15. The van der Waals surface area contributed by atoms with Gasteiger partial charge in [-0.25, -0.2) is 0 Å². The third kappa shape index (κ3) is 3.14. The number of benzene rings is 2. The van der Waals surface area contributed by atoms with Gasteiger partial charge in [-0.2, -0.15) is 0 Å². The second kappa shape index (κ2) is 6.23. The summed E-state index contributed by atoms with van der Waals surface area (Å²) in [6, 6.07) is 17.3. The lowest BCUT2D eigenvalue weighted by Crippen LogP contribution is -2.33. The van der Waals surface area contributed by atoms with Gasteiger partial charge in [0.1, 0.15) is 0 Å². The number of aryl methyl sites for hydroxylation is 1. The number of amides is 2. The lowest BCUT2D eigenvalue weighted by molar-refractivity contribution is -0.126. The smallest absolute Gasteiger partial charge is 0.291 e. The number of hydrogen-bond donors (Lipinski definition) is 1. The number of hydrogen-bond acceptors (Lipinski definition) is 4. The first-order valence-electron chi connectivity index (χ1n) is 7.02. The summed E-state index contributed by atoms with van der Waals surface area (Å²) in [6.45, 7) is 2.30. The van der Waals surface area contributed by atoms with Crippen molar-refractivity contribution >= 4 is 28.6 Å². The molecule has 3 rings (SSSR count). The average molecular weight is 312 g/mol. The number of nitrogens with one attached hydrogen (secondary N) is 1. The topological polar surface area (TPSA) is 49.4 Å². The zero-order valence-corrected chi connectivity index (χ0v) is 13.0. The molecule has 0 aliphatic carbocycles. The van der Waals surface area contributed by atoms with E-state index in [0.29, 0.717) is 6.54 Å². The van der Waals surface area contributed by atoms with E-state index in [1.807, 2.05) is 61.5 Å². The van der Waals surface area contributed by atoms with Crippen LogP contribution in [0.15, 0.2) is 54.6 Å². The number of carbonyl (C=O) groups is 2. The lowest BCUT2D eigenvalue weighted by Gasteiger charge is -2.15. The van der Waals surface area contributed by atoms with E-state index >= 15 is 0 Å². The molecular formula is C17H16N2O2S. The van der Waals surface area contributed by atoms with Gasteiger partial charge < -0.3 is 5.32 Å². The van der Waals surface area contributed by atoms with Crippen molar-refractivity contribution in [2.24, 2.45) is 0 Å². The van der Waals surface area contributed by atoms with Crippen molar-refractivity contribution in [3.8, 4) is 0 Å². The highest BCUT2D eigenvalue weighted by Gasteiger charge is 2.39. The average Bonchev–Trinajstić information content (AvgIpc) is 2.76. The summed E-state index contributed by atoms with van der Waals surface area (Å²) < 4.78 is 0. The molecule has 0 saturated carbocycles. The molecule has 0 bridgehead atoms. The van der Waals surface area contributed by atoms with Crippen molar-refractivity contribution in [2.45, 2.75) is 18.8 Å². The first-order valence-corrected chi connectivity index (χ1v) is 7.90. The van der Waals surface area contributed by atoms with Crippen LogP contribution in [-0.4, -0.2) is 21.4 Å². The molecule has 1 aliphatic rings. The first kappa shape index (κ1) is 14.7. The minimum absolute atomic E-state index is 0.194. The molecular weight excluding hydrogens is 296 g/mol. The summed E-state index contributed by atoms with van der Waals surface area (Å²) in [5.41, 5.74) is 2.90. The van der Waals surface area contributed by atoms with E-state index in [4.69, 9.17) is 0 Å². The maximum absolute atomic E-state index is 12.4. The first-order chi connectivity index (χ1) is 10.6. The van der Waals surface area contributed by atoms with Gasteiger partial charge in [0.25, 0.3) is 11.1 Å². The largest absolute Gasteiger partial charge is 0.365 e. The Hall–Kier alpha value is -2.27. The second-order valence-electron chi connectivity index (χ2n) is 5.19. The zero-order chi connectivity index (χ0) is 15.5. The molecule has 1 saturated heterocycles. The molecule has 2 aromatic rings. The number of thioether (sulfide) groups is 1. The van der Waals surface area contributed by atoms with Crippen LogP contribution in [0.1, 0.15) is 11.1 Å². The van der Waals surface area contributed by atoms with Gasteiger partial charge in [0.05, 0.1) is 6.54 Å². The van der Waals surface area contributed by atoms with Gasteiger partial charge in [0, 0.05) is 5.69 Å². The summed E-state index contributed by atoms with van der Waals surface area (Å²) in [5.74, 6) is -0.194. The fourth-order valence-corrected chi connectivity index (χ4v) is 3.24. The van der Waals surface area contributed by atoms with E-state index in [9.17, 15) is 9.59 Å². The van der Waals surface area contributed by atoms with Crippen molar-refractivity contribution in [1.29, 1.82) is 0 Å².